The maximum absolute atomic E-state index is 12.8. The van der Waals surface area contributed by atoms with E-state index in [-0.39, 0.29) is 36.6 Å². The first-order valence-corrected chi connectivity index (χ1v) is 9.98. The van der Waals surface area contributed by atoms with Crippen LogP contribution in [0.3, 0.4) is 0 Å². The fourth-order valence-corrected chi connectivity index (χ4v) is 4.33. The lowest BCUT2D eigenvalue weighted by atomic mass is 9.98. The lowest BCUT2D eigenvalue weighted by Gasteiger charge is -2.30. The summed E-state index contributed by atoms with van der Waals surface area (Å²) in [5, 5.41) is 0. The molecule has 1 fully saturated rings. The van der Waals surface area contributed by atoms with Crippen molar-refractivity contribution >= 4 is 16.0 Å². The van der Waals surface area contributed by atoms with Gasteiger partial charge in [-0.15, -0.1) is 0 Å². The van der Waals surface area contributed by atoms with Gasteiger partial charge < -0.3 is 14.2 Å². The van der Waals surface area contributed by atoms with Crippen LogP contribution >= 0.6 is 0 Å². The van der Waals surface area contributed by atoms with Gasteiger partial charge in [-0.2, -0.15) is 17.5 Å². The van der Waals surface area contributed by atoms with Gasteiger partial charge >= 0.3 is 12.1 Å². The van der Waals surface area contributed by atoms with Gasteiger partial charge in [-0.3, -0.25) is 4.79 Å². The Morgan fingerprint density at radius 1 is 1.14 bits per heavy atom. The summed E-state index contributed by atoms with van der Waals surface area (Å²) in [6.07, 6.45) is -5.24. The number of hydrogen-bond donors (Lipinski definition) is 0. The highest BCUT2D eigenvalue weighted by Gasteiger charge is 2.34. The van der Waals surface area contributed by atoms with Crippen molar-refractivity contribution in [3.05, 3.63) is 18.2 Å². The molecule has 1 aliphatic heterocycles. The van der Waals surface area contributed by atoms with Crippen molar-refractivity contribution in [3.63, 3.8) is 0 Å². The number of benzene rings is 1. The first-order valence-electron chi connectivity index (χ1n) is 8.54. The smallest absolute Gasteiger partial charge is 0.392 e. The number of carbonyl (C=O) groups excluding carboxylic acids is 1. The number of halogens is 3. The number of esters is 1. The Morgan fingerprint density at radius 3 is 2.29 bits per heavy atom. The number of alkyl halides is 3. The Morgan fingerprint density at radius 2 is 1.75 bits per heavy atom. The van der Waals surface area contributed by atoms with E-state index in [1.54, 1.807) is 0 Å². The molecule has 1 aromatic rings. The second-order valence-corrected chi connectivity index (χ2v) is 8.17. The predicted molar refractivity (Wildman–Crippen MR) is 92.7 cm³/mol. The van der Waals surface area contributed by atoms with Crippen molar-refractivity contribution in [1.82, 2.24) is 4.31 Å². The molecule has 0 spiro atoms. The average molecular weight is 425 g/mol. The quantitative estimate of drug-likeness (QED) is 0.625. The van der Waals surface area contributed by atoms with Gasteiger partial charge in [0, 0.05) is 19.2 Å². The topological polar surface area (TPSA) is 82.1 Å². The van der Waals surface area contributed by atoms with Crippen LogP contribution in [0.15, 0.2) is 23.1 Å². The predicted octanol–water partition coefficient (Wildman–Crippen LogP) is 2.60. The number of carbonyl (C=O) groups is 1. The summed E-state index contributed by atoms with van der Waals surface area (Å²) in [6.45, 7) is -0.599. The molecule has 0 radical (unpaired) electrons. The number of hydrogen-bond acceptors (Lipinski definition) is 6. The molecule has 1 aliphatic rings. The number of piperidine rings is 1. The normalized spacial score (nSPS) is 16.6. The minimum atomic E-state index is -4.39. The summed E-state index contributed by atoms with van der Waals surface area (Å²) in [5.74, 6) is -0.689. The first kappa shape index (κ1) is 22.3. The molecule has 1 aromatic carbocycles. The SMILES string of the molecule is COc1ccc(S(=O)(=O)N2CCC(C(=O)OCCC(F)(F)F)CC2)cc1OC. The molecule has 7 nitrogen and oxygen atoms in total. The zero-order valence-electron chi connectivity index (χ0n) is 15.5. The highest BCUT2D eigenvalue weighted by Crippen LogP contribution is 2.32. The molecular formula is C17H22F3NO6S. The number of ether oxygens (including phenoxy) is 3. The molecule has 2 rings (SSSR count). The van der Waals surface area contributed by atoms with Crippen LogP contribution in [0, 0.1) is 5.92 Å². The van der Waals surface area contributed by atoms with Crippen molar-refractivity contribution < 1.29 is 40.6 Å². The average Bonchev–Trinajstić information content (AvgIpc) is 2.66. The largest absolute Gasteiger partial charge is 0.493 e. The van der Waals surface area contributed by atoms with Crippen LogP contribution in [-0.2, 0) is 19.6 Å². The summed E-state index contributed by atoms with van der Waals surface area (Å²) in [6, 6.07) is 4.23. The summed E-state index contributed by atoms with van der Waals surface area (Å²) >= 11 is 0. The minimum absolute atomic E-state index is 0.0244. The Bertz CT molecular complexity index is 789. The molecule has 0 N–H and O–H groups in total. The van der Waals surface area contributed by atoms with Crippen LogP contribution in [0.25, 0.3) is 0 Å². The summed E-state index contributed by atoms with van der Waals surface area (Å²) < 4.78 is 78.0. The molecule has 1 saturated heterocycles. The minimum Gasteiger partial charge on any atom is -0.493 e. The van der Waals surface area contributed by atoms with Gasteiger partial charge in [-0.25, -0.2) is 8.42 Å². The van der Waals surface area contributed by atoms with E-state index in [9.17, 15) is 26.4 Å². The van der Waals surface area contributed by atoms with Crippen LogP contribution in [0.5, 0.6) is 11.5 Å². The molecule has 0 bridgehead atoms. The first-order chi connectivity index (χ1) is 13.1. The van der Waals surface area contributed by atoms with Crippen LogP contribution in [0.1, 0.15) is 19.3 Å². The molecule has 158 valence electrons. The molecule has 0 amide bonds. The zero-order chi connectivity index (χ0) is 20.9. The monoisotopic (exact) mass is 425 g/mol. The summed E-state index contributed by atoms with van der Waals surface area (Å²) in [7, 11) is -0.980. The fourth-order valence-electron chi connectivity index (χ4n) is 2.84. The molecule has 0 unspecified atom stereocenters. The second-order valence-electron chi connectivity index (χ2n) is 6.23. The van der Waals surface area contributed by atoms with E-state index in [2.05, 4.69) is 4.74 Å². The summed E-state index contributed by atoms with van der Waals surface area (Å²) in [4.78, 5) is 11.9. The van der Waals surface area contributed by atoms with E-state index in [4.69, 9.17) is 9.47 Å². The van der Waals surface area contributed by atoms with E-state index >= 15 is 0 Å². The van der Waals surface area contributed by atoms with Crippen LogP contribution in [-0.4, -0.2) is 58.8 Å². The molecule has 0 aromatic heterocycles. The van der Waals surface area contributed by atoms with Gasteiger partial charge in [-0.05, 0) is 25.0 Å². The van der Waals surface area contributed by atoms with Crippen LogP contribution < -0.4 is 9.47 Å². The number of nitrogens with zero attached hydrogens (tertiary/aromatic N) is 1. The van der Waals surface area contributed by atoms with E-state index in [0.717, 1.165) is 0 Å². The zero-order valence-corrected chi connectivity index (χ0v) is 16.3. The standard InChI is InChI=1S/C17H22F3NO6S/c1-25-14-4-3-13(11-15(14)26-2)28(23,24)21-8-5-12(6-9-21)16(22)27-10-7-17(18,19)20/h3-4,11-12H,5-10H2,1-2H3. The van der Waals surface area contributed by atoms with Gasteiger partial charge in [0.15, 0.2) is 11.5 Å². The lowest BCUT2D eigenvalue weighted by molar-refractivity contribution is -0.163. The number of methoxy groups -OCH3 is 2. The maximum Gasteiger partial charge on any atom is 0.392 e. The third-order valence-electron chi connectivity index (χ3n) is 4.41. The number of sulfonamides is 1. The highest BCUT2D eigenvalue weighted by molar-refractivity contribution is 7.89. The van der Waals surface area contributed by atoms with E-state index in [1.807, 2.05) is 0 Å². The van der Waals surface area contributed by atoms with Gasteiger partial charge in [0.1, 0.15) is 0 Å². The van der Waals surface area contributed by atoms with Gasteiger partial charge in [-0.1, -0.05) is 0 Å². The third kappa shape index (κ3) is 5.51. The third-order valence-corrected chi connectivity index (χ3v) is 6.30. The van der Waals surface area contributed by atoms with Crippen molar-refractivity contribution in [1.29, 1.82) is 0 Å². The van der Waals surface area contributed by atoms with Gasteiger partial charge in [0.2, 0.25) is 10.0 Å². The Hall–Kier alpha value is -2.01. The van der Waals surface area contributed by atoms with Crippen LogP contribution in [0.2, 0.25) is 0 Å². The molecule has 0 atom stereocenters. The summed E-state index contributed by atoms with van der Waals surface area (Å²) in [5.41, 5.74) is 0. The molecule has 1 heterocycles. The Labute approximate surface area is 161 Å². The van der Waals surface area contributed by atoms with Crippen molar-refractivity contribution in [2.75, 3.05) is 33.9 Å². The Balaban J connectivity index is 1.97. The fraction of sp³-hybridized carbons (Fsp3) is 0.588. The number of rotatable bonds is 7. The van der Waals surface area contributed by atoms with Crippen molar-refractivity contribution in [2.45, 2.75) is 30.3 Å². The molecule has 11 heteroatoms. The highest BCUT2D eigenvalue weighted by atomic mass is 32.2. The molecule has 0 aliphatic carbocycles. The molecule has 0 saturated carbocycles. The van der Waals surface area contributed by atoms with Crippen molar-refractivity contribution in [2.24, 2.45) is 5.92 Å². The van der Waals surface area contributed by atoms with Crippen LogP contribution in [0.4, 0.5) is 13.2 Å². The molecular weight excluding hydrogens is 403 g/mol. The van der Waals surface area contributed by atoms with Gasteiger partial charge in [0.25, 0.3) is 0 Å². The second kappa shape index (κ2) is 8.99. The van der Waals surface area contributed by atoms with E-state index in [1.165, 1.54) is 36.7 Å². The lowest BCUT2D eigenvalue weighted by Crippen LogP contribution is -2.40. The van der Waals surface area contributed by atoms with Crippen molar-refractivity contribution in [3.8, 4) is 11.5 Å². The molecule has 28 heavy (non-hydrogen) atoms. The van der Waals surface area contributed by atoms with E-state index in [0.29, 0.717) is 5.75 Å². The van der Waals surface area contributed by atoms with Gasteiger partial charge in [0.05, 0.1) is 38.1 Å². The maximum atomic E-state index is 12.8. The Kier molecular flexibility index (Phi) is 7.16. The van der Waals surface area contributed by atoms with E-state index < -0.39 is 41.1 Å².